The van der Waals surface area contributed by atoms with Crippen molar-refractivity contribution in [3.8, 4) is 0 Å². The Bertz CT molecular complexity index is 654. The Balaban J connectivity index is 1.81. The molecule has 1 fully saturated rings. The average molecular weight is 356 g/mol. The lowest BCUT2D eigenvalue weighted by atomic mass is 10.3. The van der Waals surface area contributed by atoms with Crippen LogP contribution in [0.1, 0.15) is 6.42 Å². The maximum absolute atomic E-state index is 6.58. The van der Waals surface area contributed by atoms with Gasteiger partial charge in [0.2, 0.25) is 0 Å². The van der Waals surface area contributed by atoms with Gasteiger partial charge in [0.25, 0.3) is 0 Å². The fraction of sp³-hybridized carbons (Fsp3) is 0.333. The molecule has 116 valence electrons. The minimum Gasteiger partial charge on any atom is -0.380 e. The van der Waals surface area contributed by atoms with Gasteiger partial charge < -0.3 is 9.64 Å². The summed E-state index contributed by atoms with van der Waals surface area (Å²) in [7, 11) is 1.75. The molecule has 4 nitrogen and oxygen atoms in total. The van der Waals surface area contributed by atoms with Crippen LogP contribution in [0.2, 0.25) is 10.2 Å². The van der Waals surface area contributed by atoms with Crippen molar-refractivity contribution in [2.24, 2.45) is 0 Å². The van der Waals surface area contributed by atoms with Crippen molar-refractivity contribution >= 4 is 40.7 Å². The number of rotatable bonds is 4. The van der Waals surface area contributed by atoms with Gasteiger partial charge in [-0.25, -0.2) is 9.97 Å². The normalized spacial score (nSPS) is 18.0. The van der Waals surface area contributed by atoms with E-state index < -0.39 is 0 Å². The highest BCUT2D eigenvalue weighted by Crippen LogP contribution is 2.39. The monoisotopic (exact) mass is 355 g/mol. The van der Waals surface area contributed by atoms with Crippen LogP contribution in [-0.2, 0) is 4.74 Å². The van der Waals surface area contributed by atoms with Crippen LogP contribution >= 0.6 is 35.0 Å². The molecule has 0 amide bonds. The summed E-state index contributed by atoms with van der Waals surface area (Å²) in [6, 6.07) is 6.03. The van der Waals surface area contributed by atoms with Crippen LogP contribution in [0.4, 0.5) is 5.69 Å². The number of aromatic nitrogens is 2. The summed E-state index contributed by atoms with van der Waals surface area (Å²) in [5.41, 5.74) is 1.04. The number of anilines is 1. The summed E-state index contributed by atoms with van der Waals surface area (Å²) in [5.74, 6) is 0. The highest BCUT2D eigenvalue weighted by Gasteiger charge is 2.24. The van der Waals surface area contributed by atoms with Crippen molar-refractivity contribution in [1.29, 1.82) is 0 Å². The van der Waals surface area contributed by atoms with Crippen molar-refractivity contribution in [3.63, 3.8) is 0 Å². The van der Waals surface area contributed by atoms with E-state index in [1.54, 1.807) is 13.3 Å². The van der Waals surface area contributed by atoms with Gasteiger partial charge in [0.15, 0.2) is 0 Å². The second-order valence-corrected chi connectivity index (χ2v) is 6.79. The molecular weight excluding hydrogens is 341 g/mol. The van der Waals surface area contributed by atoms with E-state index in [2.05, 4.69) is 14.9 Å². The molecule has 1 aromatic carbocycles. The molecule has 0 radical (unpaired) electrons. The highest BCUT2D eigenvalue weighted by molar-refractivity contribution is 7.99. The lowest BCUT2D eigenvalue weighted by Gasteiger charge is -2.21. The maximum Gasteiger partial charge on any atom is 0.147 e. The van der Waals surface area contributed by atoms with Gasteiger partial charge in [0, 0.05) is 25.1 Å². The lowest BCUT2D eigenvalue weighted by Crippen LogP contribution is -2.22. The number of methoxy groups -OCH3 is 1. The predicted octanol–water partition coefficient (Wildman–Crippen LogP) is 4.16. The van der Waals surface area contributed by atoms with E-state index >= 15 is 0 Å². The average Bonchev–Trinajstić information content (AvgIpc) is 3.00. The summed E-state index contributed by atoms with van der Waals surface area (Å²) in [6.45, 7) is 1.82. The first-order chi connectivity index (χ1) is 10.7. The Labute approximate surface area is 143 Å². The lowest BCUT2D eigenvalue weighted by molar-refractivity contribution is 0.121. The van der Waals surface area contributed by atoms with Crippen LogP contribution in [0, 0.1) is 0 Å². The summed E-state index contributed by atoms with van der Waals surface area (Å²) in [5, 5.41) is 1.88. The van der Waals surface area contributed by atoms with Crippen molar-refractivity contribution in [2.75, 3.05) is 25.1 Å². The van der Waals surface area contributed by atoms with Crippen LogP contribution in [0.25, 0.3) is 0 Å². The molecule has 2 heterocycles. The summed E-state index contributed by atoms with van der Waals surface area (Å²) >= 11 is 13.8. The molecule has 1 aliphatic heterocycles. The van der Waals surface area contributed by atoms with E-state index in [0.29, 0.717) is 5.15 Å². The largest absolute Gasteiger partial charge is 0.380 e. The molecule has 1 atom stereocenters. The maximum atomic E-state index is 6.58. The van der Waals surface area contributed by atoms with E-state index in [9.17, 15) is 0 Å². The zero-order chi connectivity index (χ0) is 15.5. The molecule has 0 spiro atoms. The zero-order valence-corrected chi connectivity index (χ0v) is 14.3. The van der Waals surface area contributed by atoms with Crippen molar-refractivity contribution in [1.82, 2.24) is 9.97 Å². The van der Waals surface area contributed by atoms with Gasteiger partial charge in [-0.15, -0.1) is 0 Å². The summed E-state index contributed by atoms with van der Waals surface area (Å²) in [4.78, 5) is 11.5. The first-order valence-electron chi connectivity index (χ1n) is 6.89. The van der Waals surface area contributed by atoms with Crippen LogP contribution in [0.3, 0.4) is 0 Å². The molecule has 7 heteroatoms. The summed E-state index contributed by atoms with van der Waals surface area (Å²) < 4.78 is 5.42. The third kappa shape index (κ3) is 3.49. The van der Waals surface area contributed by atoms with Gasteiger partial charge in [0.05, 0.1) is 29.2 Å². The van der Waals surface area contributed by atoms with Crippen LogP contribution in [-0.4, -0.2) is 36.3 Å². The van der Waals surface area contributed by atoms with Gasteiger partial charge in [-0.2, -0.15) is 0 Å². The molecular formula is C15H15Cl2N3OS. The van der Waals surface area contributed by atoms with Gasteiger partial charge in [-0.3, -0.25) is 0 Å². The fourth-order valence-corrected chi connectivity index (χ4v) is 3.66. The van der Waals surface area contributed by atoms with Gasteiger partial charge in [-0.1, -0.05) is 41.0 Å². The fourth-order valence-electron chi connectivity index (χ4n) is 2.43. The molecule has 0 saturated carbocycles. The van der Waals surface area contributed by atoms with E-state index in [1.165, 1.54) is 18.0 Å². The molecule has 22 heavy (non-hydrogen) atoms. The Hall–Kier alpha value is -1.01. The first-order valence-corrected chi connectivity index (χ1v) is 8.46. The molecule has 0 N–H and O–H groups in total. The highest BCUT2D eigenvalue weighted by atomic mass is 35.5. The van der Waals surface area contributed by atoms with E-state index in [-0.39, 0.29) is 6.10 Å². The number of nitrogens with zero attached hydrogens (tertiary/aromatic N) is 3. The number of hydrogen-bond acceptors (Lipinski definition) is 5. The van der Waals surface area contributed by atoms with Gasteiger partial charge in [-0.05, 0) is 18.6 Å². The molecule has 2 aromatic rings. The van der Waals surface area contributed by atoms with Crippen LogP contribution < -0.4 is 4.90 Å². The van der Waals surface area contributed by atoms with E-state index in [0.717, 1.165) is 40.1 Å². The minimum atomic E-state index is 0.273. The Morgan fingerprint density at radius 1 is 1.27 bits per heavy atom. The zero-order valence-electron chi connectivity index (χ0n) is 12.0. The SMILES string of the molecule is CO[C@H]1CCN(c2cccc(Sc3cnc(Cl)cn3)c2Cl)C1. The number of ether oxygens (including phenoxy) is 1. The predicted molar refractivity (Wildman–Crippen MR) is 90.2 cm³/mol. The third-order valence-electron chi connectivity index (χ3n) is 3.57. The summed E-state index contributed by atoms with van der Waals surface area (Å²) in [6.07, 6.45) is 4.47. The third-order valence-corrected chi connectivity index (χ3v) is 5.26. The molecule has 1 aromatic heterocycles. The molecule has 1 saturated heterocycles. The van der Waals surface area contributed by atoms with E-state index in [1.807, 2.05) is 18.2 Å². The van der Waals surface area contributed by atoms with E-state index in [4.69, 9.17) is 27.9 Å². The number of halogens is 2. The van der Waals surface area contributed by atoms with Crippen LogP contribution in [0.15, 0.2) is 40.5 Å². The Morgan fingerprint density at radius 3 is 2.82 bits per heavy atom. The number of hydrogen-bond donors (Lipinski definition) is 0. The second-order valence-electron chi connectivity index (χ2n) is 4.96. The molecule has 0 unspecified atom stereocenters. The minimum absolute atomic E-state index is 0.273. The molecule has 0 aliphatic carbocycles. The van der Waals surface area contributed by atoms with Crippen LogP contribution in [0.5, 0.6) is 0 Å². The van der Waals surface area contributed by atoms with Crippen molar-refractivity contribution < 1.29 is 4.74 Å². The second kappa shape index (κ2) is 7.04. The van der Waals surface area contributed by atoms with Gasteiger partial charge >= 0.3 is 0 Å². The van der Waals surface area contributed by atoms with Gasteiger partial charge in [0.1, 0.15) is 10.2 Å². The quantitative estimate of drug-likeness (QED) is 0.823. The van der Waals surface area contributed by atoms with Crippen molar-refractivity contribution in [3.05, 3.63) is 40.8 Å². The topological polar surface area (TPSA) is 38.2 Å². The smallest absolute Gasteiger partial charge is 0.147 e. The standard InChI is InChI=1S/C15H15Cl2N3OS/c1-21-10-5-6-20(9-10)11-3-2-4-12(15(11)17)22-14-8-18-13(16)7-19-14/h2-4,7-8,10H,5-6,9H2,1H3/t10-/m0/s1. The Kier molecular flexibility index (Phi) is 5.08. The Morgan fingerprint density at radius 2 is 2.14 bits per heavy atom. The van der Waals surface area contributed by atoms with Crippen molar-refractivity contribution in [2.45, 2.75) is 22.4 Å². The number of benzene rings is 1. The first kappa shape index (κ1) is 15.9. The molecule has 3 rings (SSSR count). The molecule has 0 bridgehead atoms. The molecule has 1 aliphatic rings.